The van der Waals surface area contributed by atoms with Crippen molar-refractivity contribution in [3.05, 3.63) is 111 Å². The first kappa shape index (κ1) is 20.0. The molecule has 0 heterocycles. The Morgan fingerprint density at radius 2 is 1.66 bits per heavy atom. The molecular weight excluding hydrogens is 394 g/mol. The molecule has 0 N–H and O–H groups in total. The van der Waals surface area contributed by atoms with Gasteiger partial charge in [0.05, 0.1) is 10.5 Å². The number of nitrogens with zero attached hydrogens (tertiary/aromatic N) is 1. The summed E-state index contributed by atoms with van der Waals surface area (Å²) in [6, 6.07) is 18.4. The quantitative estimate of drug-likeness (QED) is 0.137. The van der Waals surface area contributed by atoms with Gasteiger partial charge in [0.25, 0.3) is 5.69 Å². The van der Waals surface area contributed by atoms with Crippen LogP contribution in [0.3, 0.4) is 0 Å². The maximum absolute atomic E-state index is 12.3. The number of carbonyl (C=O) groups excluding carboxylic acids is 2. The van der Waals surface area contributed by atoms with Crippen LogP contribution in [0, 0.1) is 10.1 Å². The van der Waals surface area contributed by atoms with Gasteiger partial charge in [-0.1, -0.05) is 35.9 Å². The van der Waals surface area contributed by atoms with Crippen LogP contribution in [0.2, 0.25) is 5.02 Å². The third-order valence-corrected chi connectivity index (χ3v) is 4.15. The Balaban J connectivity index is 1.66. The summed E-state index contributed by atoms with van der Waals surface area (Å²) in [5, 5.41) is 11.4. The second-order valence-electron chi connectivity index (χ2n) is 5.97. The number of benzene rings is 3. The Bertz CT molecular complexity index is 1110. The van der Waals surface area contributed by atoms with Crippen molar-refractivity contribution in [2.24, 2.45) is 0 Å². The Hall–Kier alpha value is -3.77. The summed E-state index contributed by atoms with van der Waals surface area (Å²) < 4.78 is 5.21. The van der Waals surface area contributed by atoms with Gasteiger partial charge in [0.1, 0.15) is 5.75 Å². The summed E-state index contributed by atoms with van der Waals surface area (Å²) in [4.78, 5) is 34.6. The van der Waals surface area contributed by atoms with Gasteiger partial charge in [0.15, 0.2) is 5.78 Å². The molecule has 0 saturated carbocycles. The summed E-state index contributed by atoms with van der Waals surface area (Å²) in [5.74, 6) is -0.730. The van der Waals surface area contributed by atoms with Gasteiger partial charge >= 0.3 is 5.97 Å². The standard InChI is InChI=1S/C22H14ClNO5/c23-18-5-1-3-15(13-18)7-12-21(25)16-8-10-20(11-9-16)29-22(26)17-4-2-6-19(14-17)24(27)28/h1-14H. The third kappa shape index (κ3) is 5.37. The van der Waals surface area contributed by atoms with E-state index >= 15 is 0 Å². The highest BCUT2D eigenvalue weighted by atomic mass is 35.5. The number of ether oxygens (including phenoxy) is 1. The number of esters is 1. The first-order chi connectivity index (χ1) is 13.9. The summed E-state index contributed by atoms with van der Waals surface area (Å²) in [7, 11) is 0. The van der Waals surface area contributed by atoms with Crippen molar-refractivity contribution in [3.8, 4) is 5.75 Å². The lowest BCUT2D eigenvalue weighted by Gasteiger charge is -2.05. The average molecular weight is 408 g/mol. The Morgan fingerprint density at radius 3 is 2.34 bits per heavy atom. The van der Waals surface area contributed by atoms with Crippen LogP contribution in [0.15, 0.2) is 78.9 Å². The van der Waals surface area contributed by atoms with Crippen LogP contribution < -0.4 is 4.74 Å². The zero-order chi connectivity index (χ0) is 20.8. The molecule has 3 aromatic carbocycles. The fourth-order valence-corrected chi connectivity index (χ4v) is 2.68. The Kier molecular flexibility index (Phi) is 6.16. The highest BCUT2D eigenvalue weighted by molar-refractivity contribution is 6.30. The lowest BCUT2D eigenvalue weighted by Crippen LogP contribution is -2.09. The molecule has 0 aliphatic heterocycles. The number of hydrogen-bond donors (Lipinski definition) is 0. The molecule has 0 bridgehead atoms. The van der Waals surface area contributed by atoms with E-state index in [1.807, 2.05) is 6.07 Å². The molecule has 7 heteroatoms. The molecule has 0 aromatic heterocycles. The Morgan fingerprint density at radius 1 is 0.931 bits per heavy atom. The van der Waals surface area contributed by atoms with Crippen molar-refractivity contribution in [2.75, 3.05) is 0 Å². The minimum Gasteiger partial charge on any atom is -0.423 e. The predicted molar refractivity (Wildman–Crippen MR) is 109 cm³/mol. The second kappa shape index (κ2) is 8.95. The van der Waals surface area contributed by atoms with Gasteiger partial charge in [0.2, 0.25) is 0 Å². The summed E-state index contributed by atoms with van der Waals surface area (Å²) in [6.45, 7) is 0. The number of carbonyl (C=O) groups is 2. The molecule has 0 radical (unpaired) electrons. The van der Waals surface area contributed by atoms with Gasteiger partial charge in [-0.2, -0.15) is 0 Å². The number of ketones is 1. The second-order valence-corrected chi connectivity index (χ2v) is 6.41. The van der Waals surface area contributed by atoms with Gasteiger partial charge in [0, 0.05) is 22.7 Å². The number of non-ortho nitro benzene ring substituents is 1. The van der Waals surface area contributed by atoms with Crippen LogP contribution in [0.25, 0.3) is 6.08 Å². The van der Waals surface area contributed by atoms with Crippen LogP contribution in [0.4, 0.5) is 5.69 Å². The molecule has 144 valence electrons. The monoisotopic (exact) mass is 407 g/mol. The zero-order valence-electron chi connectivity index (χ0n) is 14.9. The van der Waals surface area contributed by atoms with E-state index in [0.29, 0.717) is 10.6 Å². The summed E-state index contributed by atoms with van der Waals surface area (Å²) >= 11 is 5.91. The molecule has 29 heavy (non-hydrogen) atoms. The van der Waals surface area contributed by atoms with Crippen molar-refractivity contribution in [3.63, 3.8) is 0 Å². The van der Waals surface area contributed by atoms with E-state index in [1.165, 1.54) is 48.5 Å². The van der Waals surface area contributed by atoms with E-state index in [0.717, 1.165) is 11.6 Å². The van der Waals surface area contributed by atoms with Crippen LogP contribution in [-0.2, 0) is 0 Å². The molecule has 0 fully saturated rings. The molecule has 0 saturated heterocycles. The maximum atomic E-state index is 12.3. The van der Waals surface area contributed by atoms with Crippen molar-refractivity contribution in [2.45, 2.75) is 0 Å². The largest absolute Gasteiger partial charge is 0.423 e. The average Bonchev–Trinajstić information content (AvgIpc) is 2.72. The zero-order valence-corrected chi connectivity index (χ0v) is 15.7. The van der Waals surface area contributed by atoms with E-state index in [-0.39, 0.29) is 22.8 Å². The molecule has 0 aliphatic carbocycles. The van der Waals surface area contributed by atoms with Crippen molar-refractivity contribution < 1.29 is 19.2 Å². The van der Waals surface area contributed by atoms with Crippen molar-refractivity contribution >= 4 is 35.1 Å². The number of rotatable bonds is 6. The fraction of sp³-hybridized carbons (Fsp3) is 0. The van der Waals surface area contributed by atoms with Gasteiger partial charge in [-0.05, 0) is 54.1 Å². The molecule has 0 atom stereocenters. The van der Waals surface area contributed by atoms with E-state index in [2.05, 4.69) is 0 Å². The van der Waals surface area contributed by atoms with Crippen LogP contribution in [-0.4, -0.2) is 16.7 Å². The highest BCUT2D eigenvalue weighted by Crippen LogP contribution is 2.18. The van der Waals surface area contributed by atoms with Crippen LogP contribution in [0.1, 0.15) is 26.3 Å². The predicted octanol–water partition coefficient (Wildman–Crippen LogP) is 5.36. The smallest absolute Gasteiger partial charge is 0.343 e. The molecular formula is C22H14ClNO5. The Labute approximate surface area is 171 Å². The minimum absolute atomic E-state index is 0.0591. The number of hydrogen-bond acceptors (Lipinski definition) is 5. The van der Waals surface area contributed by atoms with Crippen LogP contribution in [0.5, 0.6) is 5.75 Å². The molecule has 0 unspecified atom stereocenters. The summed E-state index contributed by atoms with van der Waals surface area (Å²) in [5.41, 5.74) is 1.07. The van der Waals surface area contributed by atoms with E-state index in [4.69, 9.17) is 16.3 Å². The first-order valence-corrected chi connectivity index (χ1v) is 8.85. The molecule has 3 rings (SSSR count). The van der Waals surface area contributed by atoms with Gasteiger partial charge < -0.3 is 4.74 Å². The SMILES string of the molecule is O=C(C=Cc1cccc(Cl)c1)c1ccc(OC(=O)c2cccc([N+](=O)[O-])c2)cc1. The lowest BCUT2D eigenvalue weighted by molar-refractivity contribution is -0.384. The van der Waals surface area contributed by atoms with Crippen molar-refractivity contribution in [1.29, 1.82) is 0 Å². The number of nitro groups is 1. The molecule has 0 aliphatic rings. The first-order valence-electron chi connectivity index (χ1n) is 8.47. The maximum Gasteiger partial charge on any atom is 0.343 e. The van der Waals surface area contributed by atoms with E-state index < -0.39 is 10.9 Å². The van der Waals surface area contributed by atoms with E-state index in [1.54, 1.807) is 24.3 Å². The molecule has 0 spiro atoms. The lowest BCUT2D eigenvalue weighted by atomic mass is 10.1. The highest BCUT2D eigenvalue weighted by Gasteiger charge is 2.13. The summed E-state index contributed by atoms with van der Waals surface area (Å²) in [6.07, 6.45) is 3.08. The number of halogens is 1. The topological polar surface area (TPSA) is 86.5 Å². The number of nitro benzene ring substituents is 1. The number of allylic oxidation sites excluding steroid dienone is 1. The van der Waals surface area contributed by atoms with Gasteiger partial charge in [-0.15, -0.1) is 0 Å². The van der Waals surface area contributed by atoms with Crippen molar-refractivity contribution in [1.82, 2.24) is 0 Å². The molecule has 0 amide bonds. The fourth-order valence-electron chi connectivity index (χ4n) is 2.48. The normalized spacial score (nSPS) is 10.7. The van der Waals surface area contributed by atoms with Crippen LogP contribution >= 0.6 is 11.6 Å². The van der Waals surface area contributed by atoms with Gasteiger partial charge in [-0.3, -0.25) is 14.9 Å². The minimum atomic E-state index is -0.728. The van der Waals surface area contributed by atoms with E-state index in [9.17, 15) is 19.7 Å². The molecule has 6 nitrogen and oxygen atoms in total. The van der Waals surface area contributed by atoms with Gasteiger partial charge in [-0.25, -0.2) is 4.79 Å². The third-order valence-electron chi connectivity index (χ3n) is 3.92. The molecule has 3 aromatic rings.